The van der Waals surface area contributed by atoms with E-state index in [4.69, 9.17) is 5.26 Å². The highest BCUT2D eigenvalue weighted by Gasteiger charge is 2.24. The summed E-state index contributed by atoms with van der Waals surface area (Å²) in [5.41, 5.74) is 3.32. The Hall–Kier alpha value is -1.77. The first-order chi connectivity index (χ1) is 10.2. The zero-order valence-corrected chi connectivity index (χ0v) is 12.9. The highest BCUT2D eigenvalue weighted by atomic mass is 15.6. The van der Waals surface area contributed by atoms with Gasteiger partial charge in [0, 0.05) is 39.6 Å². The van der Waals surface area contributed by atoms with Crippen molar-refractivity contribution in [1.29, 1.82) is 5.26 Å². The predicted molar refractivity (Wildman–Crippen MR) is 82.6 cm³/mol. The molecule has 1 saturated heterocycles. The van der Waals surface area contributed by atoms with Crippen LogP contribution in [-0.2, 0) is 0 Å². The number of hydrogen-bond donors (Lipinski definition) is 0. The molecule has 0 unspecified atom stereocenters. The molecule has 0 saturated carbocycles. The summed E-state index contributed by atoms with van der Waals surface area (Å²) in [6, 6.07) is 2.28. The van der Waals surface area contributed by atoms with Gasteiger partial charge in [0.25, 0.3) is 0 Å². The average molecular weight is 285 g/mol. The van der Waals surface area contributed by atoms with Crippen LogP contribution in [0.1, 0.15) is 12.8 Å². The van der Waals surface area contributed by atoms with Gasteiger partial charge in [-0.05, 0) is 37.6 Å². The van der Waals surface area contributed by atoms with Gasteiger partial charge in [-0.3, -0.25) is 9.91 Å². The van der Waals surface area contributed by atoms with Gasteiger partial charge in [0.2, 0.25) is 0 Å². The Morgan fingerprint density at radius 2 is 1.90 bits per heavy atom. The number of likely N-dealkylation sites (tertiary alicyclic amines) is 1. The van der Waals surface area contributed by atoms with E-state index >= 15 is 0 Å². The maximum absolute atomic E-state index is 9.15. The van der Waals surface area contributed by atoms with Gasteiger partial charge in [-0.1, -0.05) is 0 Å². The summed E-state index contributed by atoms with van der Waals surface area (Å²) in [5.74, 6) is 0. The predicted octanol–water partition coefficient (Wildman–Crippen LogP) is 1.37. The van der Waals surface area contributed by atoms with E-state index in [0.29, 0.717) is 6.54 Å². The Morgan fingerprint density at radius 1 is 1.14 bits per heavy atom. The summed E-state index contributed by atoms with van der Waals surface area (Å²) in [7, 11) is 4.11. The number of nitriles is 1. The van der Waals surface area contributed by atoms with Crippen molar-refractivity contribution in [3.8, 4) is 6.07 Å². The second-order valence-corrected chi connectivity index (χ2v) is 6.18. The van der Waals surface area contributed by atoms with Gasteiger partial charge in [0.1, 0.15) is 0 Å². The highest BCUT2D eigenvalue weighted by molar-refractivity contribution is 5.37. The third kappa shape index (κ3) is 3.12. The molecule has 3 heterocycles. The molecule has 21 heavy (non-hydrogen) atoms. The lowest BCUT2D eigenvalue weighted by Crippen LogP contribution is -2.33. The quantitative estimate of drug-likeness (QED) is 0.783. The SMILES string of the molecule is CN1C=C(N2C=C(CN3CCCC3)CN2C)C=C(C#N)C1. The number of allylic oxidation sites excluding steroid dienone is 1. The lowest BCUT2D eigenvalue weighted by molar-refractivity contribution is 0.125. The van der Waals surface area contributed by atoms with Crippen LogP contribution in [0.4, 0.5) is 0 Å². The maximum atomic E-state index is 9.15. The van der Waals surface area contributed by atoms with Crippen LogP contribution in [0.25, 0.3) is 0 Å². The second-order valence-electron chi connectivity index (χ2n) is 6.18. The standard InChI is InChI=1S/C16H23N5/c1-18-9-14(8-17)7-16(13-18)21-12-15(10-19(21)2)11-20-5-3-4-6-20/h7,12-13H,3-6,9-11H2,1-2H3. The van der Waals surface area contributed by atoms with Crippen molar-refractivity contribution in [3.63, 3.8) is 0 Å². The van der Waals surface area contributed by atoms with E-state index in [2.05, 4.69) is 45.3 Å². The molecule has 0 N–H and O–H groups in total. The molecule has 3 rings (SSSR count). The van der Waals surface area contributed by atoms with Crippen LogP contribution in [0.5, 0.6) is 0 Å². The number of hydrogen-bond acceptors (Lipinski definition) is 5. The summed E-state index contributed by atoms with van der Waals surface area (Å²) in [6.45, 7) is 5.18. The molecule has 0 spiro atoms. The fourth-order valence-electron chi connectivity index (χ4n) is 3.27. The molecule has 0 radical (unpaired) electrons. The van der Waals surface area contributed by atoms with E-state index in [9.17, 15) is 0 Å². The number of rotatable bonds is 3. The van der Waals surface area contributed by atoms with Crippen molar-refractivity contribution in [2.45, 2.75) is 12.8 Å². The number of hydrazine groups is 1. The molecular weight excluding hydrogens is 262 g/mol. The summed E-state index contributed by atoms with van der Waals surface area (Å²) < 4.78 is 0. The van der Waals surface area contributed by atoms with Gasteiger partial charge >= 0.3 is 0 Å². The van der Waals surface area contributed by atoms with E-state index in [1.807, 2.05) is 13.1 Å². The molecule has 3 aliphatic rings. The van der Waals surface area contributed by atoms with Gasteiger partial charge in [-0.2, -0.15) is 5.26 Å². The summed E-state index contributed by atoms with van der Waals surface area (Å²) >= 11 is 0. The van der Waals surface area contributed by atoms with E-state index in [1.54, 1.807) is 0 Å². The molecule has 5 heteroatoms. The Bertz CT molecular complexity index is 533. The molecule has 0 amide bonds. The fourth-order valence-corrected chi connectivity index (χ4v) is 3.27. The zero-order valence-electron chi connectivity index (χ0n) is 12.9. The minimum Gasteiger partial charge on any atom is -0.374 e. The topological polar surface area (TPSA) is 36.8 Å². The van der Waals surface area contributed by atoms with Gasteiger partial charge in [0.15, 0.2) is 0 Å². The fraction of sp³-hybridized carbons (Fsp3) is 0.562. The van der Waals surface area contributed by atoms with E-state index in [-0.39, 0.29) is 0 Å². The van der Waals surface area contributed by atoms with Crippen molar-refractivity contribution in [1.82, 2.24) is 19.8 Å². The Balaban J connectivity index is 1.74. The summed E-state index contributed by atoms with van der Waals surface area (Å²) in [5, 5.41) is 13.5. The third-order valence-corrected chi connectivity index (χ3v) is 4.23. The second kappa shape index (κ2) is 5.92. The van der Waals surface area contributed by atoms with Crippen molar-refractivity contribution in [2.75, 3.05) is 46.8 Å². The van der Waals surface area contributed by atoms with Crippen LogP contribution in [-0.4, -0.2) is 66.6 Å². The van der Waals surface area contributed by atoms with Crippen LogP contribution < -0.4 is 0 Å². The average Bonchev–Trinajstić information content (AvgIpc) is 3.08. The molecule has 0 bridgehead atoms. The molecule has 5 nitrogen and oxygen atoms in total. The first kappa shape index (κ1) is 14.2. The smallest absolute Gasteiger partial charge is 0.0966 e. The molecule has 1 fully saturated rings. The molecule has 3 aliphatic heterocycles. The molecule has 0 aliphatic carbocycles. The number of nitrogens with zero attached hydrogens (tertiary/aromatic N) is 5. The van der Waals surface area contributed by atoms with Crippen LogP contribution in [0.15, 0.2) is 35.3 Å². The third-order valence-electron chi connectivity index (χ3n) is 4.23. The molecule has 0 aromatic heterocycles. The molecule has 112 valence electrons. The van der Waals surface area contributed by atoms with E-state index in [1.165, 1.54) is 31.5 Å². The van der Waals surface area contributed by atoms with Crippen molar-refractivity contribution < 1.29 is 0 Å². The van der Waals surface area contributed by atoms with Crippen molar-refractivity contribution >= 4 is 0 Å². The monoisotopic (exact) mass is 285 g/mol. The van der Waals surface area contributed by atoms with Gasteiger partial charge < -0.3 is 4.90 Å². The largest absolute Gasteiger partial charge is 0.374 e. The van der Waals surface area contributed by atoms with Gasteiger partial charge in [-0.15, -0.1) is 0 Å². The van der Waals surface area contributed by atoms with Crippen molar-refractivity contribution in [3.05, 3.63) is 35.3 Å². The zero-order chi connectivity index (χ0) is 14.8. The summed E-state index contributed by atoms with van der Waals surface area (Å²) in [6.07, 6.45) is 8.99. The lowest BCUT2D eigenvalue weighted by Gasteiger charge is -2.30. The summed E-state index contributed by atoms with van der Waals surface area (Å²) in [4.78, 5) is 4.59. The lowest BCUT2D eigenvalue weighted by atomic mass is 10.2. The molecule has 0 aromatic carbocycles. The van der Waals surface area contributed by atoms with E-state index in [0.717, 1.165) is 24.4 Å². The van der Waals surface area contributed by atoms with Gasteiger partial charge in [-0.25, -0.2) is 5.01 Å². The minimum atomic E-state index is 0.696. The first-order valence-electron chi connectivity index (χ1n) is 7.60. The van der Waals surface area contributed by atoms with Crippen LogP contribution in [0.2, 0.25) is 0 Å². The van der Waals surface area contributed by atoms with Crippen LogP contribution in [0.3, 0.4) is 0 Å². The molecule has 0 aromatic rings. The normalized spacial score (nSPS) is 24.0. The maximum Gasteiger partial charge on any atom is 0.0966 e. The minimum absolute atomic E-state index is 0.696. The van der Waals surface area contributed by atoms with Gasteiger partial charge in [0.05, 0.1) is 23.9 Å². The Labute approximate surface area is 127 Å². The molecule has 0 atom stereocenters. The van der Waals surface area contributed by atoms with Crippen LogP contribution >= 0.6 is 0 Å². The first-order valence-corrected chi connectivity index (χ1v) is 7.60. The van der Waals surface area contributed by atoms with Crippen molar-refractivity contribution in [2.24, 2.45) is 0 Å². The molecular formula is C16H23N5. The number of likely N-dealkylation sites (N-methyl/N-ethyl adjacent to an activating group) is 2. The Kier molecular flexibility index (Phi) is 4.00. The Morgan fingerprint density at radius 3 is 2.62 bits per heavy atom. The highest BCUT2D eigenvalue weighted by Crippen LogP contribution is 2.24. The van der Waals surface area contributed by atoms with E-state index < -0.39 is 0 Å². The van der Waals surface area contributed by atoms with Crippen LogP contribution in [0, 0.1) is 11.3 Å².